The number of anilines is 1. The Morgan fingerprint density at radius 1 is 1.62 bits per heavy atom. The van der Waals surface area contributed by atoms with Crippen LogP contribution >= 0.6 is 15.9 Å². The molecule has 0 aliphatic rings. The van der Waals surface area contributed by atoms with Gasteiger partial charge in [0.15, 0.2) is 0 Å². The van der Waals surface area contributed by atoms with Gasteiger partial charge < -0.3 is 5.32 Å². The zero-order valence-electron chi connectivity index (χ0n) is 7.38. The predicted octanol–water partition coefficient (Wildman–Crippen LogP) is 2.58. The second kappa shape index (κ2) is 4.97. The summed E-state index contributed by atoms with van der Waals surface area (Å²) in [5.74, 6) is 0.0339. The summed E-state index contributed by atoms with van der Waals surface area (Å²) >= 11 is 3.22. The van der Waals surface area contributed by atoms with Crippen LogP contribution in [0.4, 0.5) is 5.69 Å². The van der Waals surface area contributed by atoms with Gasteiger partial charge in [-0.05, 0) is 34.5 Å². The molecule has 1 amide bonds. The first-order valence-corrected chi connectivity index (χ1v) is 4.93. The molecule has 0 unspecified atom stereocenters. The van der Waals surface area contributed by atoms with Crippen LogP contribution in [0.3, 0.4) is 0 Å². The lowest BCUT2D eigenvalue weighted by Crippen LogP contribution is -2.10. The third-order valence-corrected chi connectivity index (χ3v) is 1.96. The Morgan fingerprint density at radius 2 is 2.38 bits per heavy atom. The van der Waals surface area contributed by atoms with Crippen LogP contribution in [-0.4, -0.2) is 10.9 Å². The first-order chi connectivity index (χ1) is 6.22. The largest absolute Gasteiger partial charge is 0.325 e. The highest BCUT2D eigenvalue weighted by molar-refractivity contribution is 9.10. The van der Waals surface area contributed by atoms with E-state index in [0.29, 0.717) is 6.42 Å². The second-order valence-electron chi connectivity index (χ2n) is 2.67. The molecular formula is C9H11BrN2O. The van der Waals surface area contributed by atoms with Crippen molar-refractivity contribution in [1.82, 2.24) is 4.98 Å². The summed E-state index contributed by atoms with van der Waals surface area (Å²) in [5, 5.41) is 2.75. The van der Waals surface area contributed by atoms with Crippen molar-refractivity contribution in [3.05, 3.63) is 22.9 Å². The summed E-state index contributed by atoms with van der Waals surface area (Å²) in [7, 11) is 0. The van der Waals surface area contributed by atoms with Crippen molar-refractivity contribution in [3.63, 3.8) is 0 Å². The summed E-state index contributed by atoms with van der Waals surface area (Å²) in [4.78, 5) is 15.1. The maximum absolute atomic E-state index is 11.1. The van der Waals surface area contributed by atoms with Crippen LogP contribution in [-0.2, 0) is 4.79 Å². The molecule has 4 heteroatoms. The highest BCUT2D eigenvalue weighted by atomic mass is 79.9. The third kappa shape index (κ3) is 3.55. The molecule has 1 aromatic rings. The molecule has 0 saturated carbocycles. The lowest BCUT2D eigenvalue weighted by atomic mass is 10.3. The smallest absolute Gasteiger partial charge is 0.224 e. The van der Waals surface area contributed by atoms with E-state index in [-0.39, 0.29) is 5.91 Å². The van der Waals surface area contributed by atoms with Gasteiger partial charge in [-0.25, -0.2) is 4.98 Å². The van der Waals surface area contributed by atoms with E-state index < -0.39 is 0 Å². The third-order valence-electron chi connectivity index (χ3n) is 1.49. The molecular weight excluding hydrogens is 232 g/mol. The molecule has 0 aliphatic heterocycles. The van der Waals surface area contributed by atoms with Crippen molar-refractivity contribution in [2.45, 2.75) is 19.8 Å². The summed E-state index contributed by atoms with van der Waals surface area (Å²) in [5.41, 5.74) is 0.738. The molecule has 70 valence electrons. The number of aromatic nitrogens is 1. The fourth-order valence-electron chi connectivity index (χ4n) is 0.900. The number of halogens is 1. The monoisotopic (exact) mass is 242 g/mol. The highest BCUT2D eigenvalue weighted by Gasteiger charge is 1.99. The van der Waals surface area contributed by atoms with Gasteiger partial charge in [0.05, 0.1) is 11.9 Å². The van der Waals surface area contributed by atoms with Crippen molar-refractivity contribution < 1.29 is 4.79 Å². The van der Waals surface area contributed by atoms with Crippen LogP contribution in [0, 0.1) is 0 Å². The molecule has 0 atom stereocenters. The van der Waals surface area contributed by atoms with Crippen molar-refractivity contribution in [3.8, 4) is 0 Å². The van der Waals surface area contributed by atoms with E-state index >= 15 is 0 Å². The van der Waals surface area contributed by atoms with Crippen LogP contribution in [0.1, 0.15) is 19.8 Å². The second-order valence-corrected chi connectivity index (χ2v) is 3.48. The Morgan fingerprint density at radius 3 is 2.92 bits per heavy atom. The molecule has 0 saturated heterocycles. The summed E-state index contributed by atoms with van der Waals surface area (Å²) in [6.07, 6.45) is 3.03. The van der Waals surface area contributed by atoms with Crippen molar-refractivity contribution in [2.24, 2.45) is 0 Å². The Bertz CT molecular complexity index is 284. The van der Waals surface area contributed by atoms with Crippen LogP contribution in [0.2, 0.25) is 0 Å². The number of nitrogens with zero attached hydrogens (tertiary/aromatic N) is 1. The molecule has 1 rings (SSSR count). The van der Waals surface area contributed by atoms with Gasteiger partial charge in [0.2, 0.25) is 5.91 Å². The maximum Gasteiger partial charge on any atom is 0.224 e. The van der Waals surface area contributed by atoms with E-state index in [0.717, 1.165) is 16.7 Å². The molecule has 0 aromatic carbocycles. The van der Waals surface area contributed by atoms with E-state index in [2.05, 4.69) is 26.2 Å². The quantitative estimate of drug-likeness (QED) is 0.829. The number of amides is 1. The Balaban J connectivity index is 2.54. The number of carbonyl (C=O) groups is 1. The minimum atomic E-state index is 0.0339. The number of hydrogen-bond donors (Lipinski definition) is 1. The van der Waals surface area contributed by atoms with E-state index in [1.165, 1.54) is 0 Å². The van der Waals surface area contributed by atoms with E-state index in [1.807, 2.05) is 13.0 Å². The van der Waals surface area contributed by atoms with E-state index in [1.54, 1.807) is 12.3 Å². The van der Waals surface area contributed by atoms with Crippen molar-refractivity contribution in [1.29, 1.82) is 0 Å². The van der Waals surface area contributed by atoms with Crippen molar-refractivity contribution >= 4 is 27.5 Å². The van der Waals surface area contributed by atoms with Crippen LogP contribution in [0.25, 0.3) is 0 Å². The van der Waals surface area contributed by atoms with Gasteiger partial charge >= 0.3 is 0 Å². The molecule has 1 N–H and O–H groups in total. The standard InChI is InChI=1S/C9H11BrN2O/c1-2-3-9(13)12-7-4-5-8(10)11-6-7/h4-6H,2-3H2,1H3,(H,12,13). The number of nitrogens with one attached hydrogen (secondary N) is 1. The number of pyridine rings is 1. The van der Waals surface area contributed by atoms with Crippen LogP contribution < -0.4 is 5.32 Å². The predicted molar refractivity (Wildman–Crippen MR) is 55.5 cm³/mol. The van der Waals surface area contributed by atoms with E-state index in [4.69, 9.17) is 0 Å². The fraction of sp³-hybridized carbons (Fsp3) is 0.333. The molecule has 0 bridgehead atoms. The topological polar surface area (TPSA) is 42.0 Å². The van der Waals surface area contributed by atoms with Gasteiger partial charge in [0, 0.05) is 6.42 Å². The Labute approximate surface area is 85.7 Å². The Kier molecular flexibility index (Phi) is 3.89. The summed E-state index contributed by atoms with van der Waals surface area (Å²) in [6, 6.07) is 3.60. The van der Waals surface area contributed by atoms with Crippen LogP contribution in [0.15, 0.2) is 22.9 Å². The summed E-state index contributed by atoms with van der Waals surface area (Å²) < 4.78 is 0.765. The number of carbonyl (C=O) groups excluding carboxylic acids is 1. The van der Waals surface area contributed by atoms with Gasteiger partial charge in [-0.15, -0.1) is 0 Å². The molecule has 0 spiro atoms. The summed E-state index contributed by atoms with van der Waals surface area (Å²) in [6.45, 7) is 1.97. The SMILES string of the molecule is CCCC(=O)Nc1ccc(Br)nc1. The first kappa shape index (κ1) is 10.2. The fourth-order valence-corrected chi connectivity index (χ4v) is 1.13. The van der Waals surface area contributed by atoms with Crippen LogP contribution in [0.5, 0.6) is 0 Å². The van der Waals surface area contributed by atoms with Gasteiger partial charge in [-0.3, -0.25) is 4.79 Å². The average Bonchev–Trinajstić information content (AvgIpc) is 2.09. The Hall–Kier alpha value is -0.900. The molecule has 0 aliphatic carbocycles. The van der Waals surface area contributed by atoms with Gasteiger partial charge in [-0.2, -0.15) is 0 Å². The normalized spacial score (nSPS) is 9.69. The van der Waals surface area contributed by atoms with Gasteiger partial charge in [-0.1, -0.05) is 6.92 Å². The van der Waals surface area contributed by atoms with E-state index in [9.17, 15) is 4.79 Å². The first-order valence-electron chi connectivity index (χ1n) is 4.13. The lowest BCUT2D eigenvalue weighted by Gasteiger charge is -2.02. The van der Waals surface area contributed by atoms with Gasteiger partial charge in [0.25, 0.3) is 0 Å². The molecule has 1 heterocycles. The van der Waals surface area contributed by atoms with Gasteiger partial charge in [0.1, 0.15) is 4.60 Å². The zero-order valence-corrected chi connectivity index (χ0v) is 8.97. The lowest BCUT2D eigenvalue weighted by molar-refractivity contribution is -0.116. The molecule has 1 aromatic heterocycles. The molecule has 0 fully saturated rings. The number of rotatable bonds is 3. The highest BCUT2D eigenvalue weighted by Crippen LogP contribution is 2.10. The molecule has 13 heavy (non-hydrogen) atoms. The minimum Gasteiger partial charge on any atom is -0.325 e. The number of hydrogen-bond acceptors (Lipinski definition) is 2. The van der Waals surface area contributed by atoms with Crippen molar-refractivity contribution in [2.75, 3.05) is 5.32 Å². The maximum atomic E-state index is 11.1. The minimum absolute atomic E-state index is 0.0339. The molecule has 3 nitrogen and oxygen atoms in total. The molecule has 0 radical (unpaired) electrons. The zero-order chi connectivity index (χ0) is 9.68. The average molecular weight is 243 g/mol.